The van der Waals surface area contributed by atoms with Crippen LogP contribution in [0.1, 0.15) is 12.7 Å². The average Bonchev–Trinajstić information content (AvgIpc) is 3.01. The minimum atomic E-state index is -0.629. The van der Waals surface area contributed by atoms with Gasteiger partial charge in [0.1, 0.15) is 23.2 Å². The van der Waals surface area contributed by atoms with E-state index in [1.54, 1.807) is 6.92 Å². The minimum Gasteiger partial charge on any atom is -0.461 e. The third kappa shape index (κ3) is 2.79. The molecule has 0 radical (unpaired) electrons. The monoisotopic (exact) mass is 306 g/mol. The van der Waals surface area contributed by atoms with Crippen molar-refractivity contribution in [3.63, 3.8) is 0 Å². The van der Waals surface area contributed by atoms with E-state index in [-0.39, 0.29) is 5.57 Å². The number of amides is 2. The molecular formula is C18H14N2O3. The van der Waals surface area contributed by atoms with Crippen LogP contribution in [0.25, 0.3) is 11.3 Å². The molecule has 0 saturated heterocycles. The molecule has 0 fully saturated rings. The first-order valence-corrected chi connectivity index (χ1v) is 7.20. The van der Waals surface area contributed by atoms with Crippen LogP contribution in [-0.2, 0) is 16.0 Å². The number of carbonyl (C=O) groups is 2. The number of benzene rings is 1. The molecule has 0 saturated carbocycles. The number of rotatable bonds is 3. The van der Waals surface area contributed by atoms with Gasteiger partial charge in [0.05, 0.1) is 5.92 Å². The summed E-state index contributed by atoms with van der Waals surface area (Å²) in [5.74, 6) is -0.248. The van der Waals surface area contributed by atoms with Gasteiger partial charge >= 0.3 is 0 Å². The Morgan fingerprint density at radius 2 is 1.91 bits per heavy atom. The van der Waals surface area contributed by atoms with Gasteiger partial charge in [-0.2, -0.15) is 5.26 Å². The summed E-state index contributed by atoms with van der Waals surface area (Å²) in [5.41, 5.74) is 1.44. The van der Waals surface area contributed by atoms with Crippen LogP contribution < -0.4 is 5.32 Å². The maximum Gasteiger partial charge on any atom is 0.268 e. The largest absolute Gasteiger partial charge is 0.461 e. The van der Waals surface area contributed by atoms with Crippen LogP contribution in [0.4, 0.5) is 0 Å². The van der Waals surface area contributed by atoms with E-state index in [1.807, 2.05) is 48.5 Å². The summed E-state index contributed by atoms with van der Waals surface area (Å²) in [7, 11) is 0. The highest BCUT2D eigenvalue weighted by molar-refractivity contribution is 6.11. The van der Waals surface area contributed by atoms with Gasteiger partial charge < -0.3 is 4.42 Å². The first-order chi connectivity index (χ1) is 11.1. The Kier molecular flexibility index (Phi) is 3.82. The molecule has 23 heavy (non-hydrogen) atoms. The Balaban J connectivity index is 1.86. The number of imide groups is 1. The second kappa shape index (κ2) is 5.93. The van der Waals surface area contributed by atoms with Gasteiger partial charge in [0.2, 0.25) is 5.91 Å². The average molecular weight is 306 g/mol. The summed E-state index contributed by atoms with van der Waals surface area (Å²) >= 11 is 0. The number of furan rings is 1. The summed E-state index contributed by atoms with van der Waals surface area (Å²) in [6.07, 6.45) is 0.308. The fourth-order valence-electron chi connectivity index (χ4n) is 2.64. The Hall–Kier alpha value is -3.13. The van der Waals surface area contributed by atoms with Crippen LogP contribution in [0.5, 0.6) is 0 Å². The van der Waals surface area contributed by atoms with Gasteiger partial charge in [0.15, 0.2) is 0 Å². The fourth-order valence-corrected chi connectivity index (χ4v) is 2.64. The first kappa shape index (κ1) is 14.8. The molecule has 1 aromatic carbocycles. The molecule has 1 N–H and O–H groups in total. The third-order valence-electron chi connectivity index (χ3n) is 3.93. The molecule has 2 aromatic rings. The molecule has 1 aliphatic heterocycles. The summed E-state index contributed by atoms with van der Waals surface area (Å²) < 4.78 is 5.79. The number of nitrogens with one attached hydrogen (secondary N) is 1. The predicted molar refractivity (Wildman–Crippen MR) is 82.8 cm³/mol. The van der Waals surface area contributed by atoms with E-state index < -0.39 is 17.7 Å². The van der Waals surface area contributed by atoms with Crippen molar-refractivity contribution in [1.82, 2.24) is 5.32 Å². The molecule has 3 rings (SSSR count). The summed E-state index contributed by atoms with van der Waals surface area (Å²) in [4.78, 5) is 23.6. The van der Waals surface area contributed by atoms with Crippen LogP contribution in [-0.4, -0.2) is 11.8 Å². The van der Waals surface area contributed by atoms with Crippen LogP contribution in [0.2, 0.25) is 0 Å². The maximum atomic E-state index is 12.0. The number of nitrogens with zero attached hydrogens (tertiary/aromatic N) is 1. The van der Waals surface area contributed by atoms with Crippen LogP contribution in [0.3, 0.4) is 0 Å². The molecule has 2 heterocycles. The second-order valence-corrected chi connectivity index (χ2v) is 5.38. The predicted octanol–water partition coefficient (Wildman–Crippen LogP) is 2.60. The molecular weight excluding hydrogens is 292 g/mol. The summed E-state index contributed by atoms with van der Waals surface area (Å²) in [6.45, 7) is 1.64. The Bertz CT molecular complexity index is 841. The van der Waals surface area contributed by atoms with E-state index >= 15 is 0 Å². The van der Waals surface area contributed by atoms with Crippen molar-refractivity contribution in [3.8, 4) is 17.4 Å². The molecule has 1 aromatic heterocycles. The minimum absolute atomic E-state index is 0.00411. The van der Waals surface area contributed by atoms with E-state index in [2.05, 4.69) is 5.32 Å². The van der Waals surface area contributed by atoms with Crippen molar-refractivity contribution in [2.75, 3.05) is 0 Å². The number of carbonyl (C=O) groups excluding carboxylic acids is 2. The lowest BCUT2D eigenvalue weighted by atomic mass is 9.88. The molecule has 5 nitrogen and oxygen atoms in total. The highest BCUT2D eigenvalue weighted by atomic mass is 16.3. The SMILES string of the molecule is CC1=C(C#N)C(=O)NC(=O)C1Cc1ccc(-c2ccccc2)o1. The molecule has 1 atom stereocenters. The molecule has 1 unspecified atom stereocenters. The van der Waals surface area contributed by atoms with Crippen molar-refractivity contribution in [3.05, 3.63) is 59.4 Å². The van der Waals surface area contributed by atoms with Crippen molar-refractivity contribution >= 4 is 11.8 Å². The molecule has 114 valence electrons. The Labute approximate surface area is 133 Å². The molecule has 2 amide bonds. The van der Waals surface area contributed by atoms with Crippen molar-refractivity contribution in [2.45, 2.75) is 13.3 Å². The van der Waals surface area contributed by atoms with E-state index in [4.69, 9.17) is 9.68 Å². The second-order valence-electron chi connectivity index (χ2n) is 5.38. The lowest BCUT2D eigenvalue weighted by Gasteiger charge is -2.21. The maximum absolute atomic E-state index is 12.0. The van der Waals surface area contributed by atoms with E-state index in [0.717, 1.165) is 11.3 Å². The number of hydrogen-bond donors (Lipinski definition) is 1. The van der Waals surface area contributed by atoms with Gasteiger partial charge in [-0.15, -0.1) is 0 Å². The van der Waals surface area contributed by atoms with Crippen LogP contribution in [0, 0.1) is 17.2 Å². The van der Waals surface area contributed by atoms with Gasteiger partial charge in [-0.05, 0) is 24.6 Å². The zero-order valence-electron chi connectivity index (χ0n) is 12.5. The zero-order valence-corrected chi connectivity index (χ0v) is 12.5. The highest BCUT2D eigenvalue weighted by Crippen LogP contribution is 2.27. The summed E-state index contributed by atoms with van der Waals surface area (Å²) in [5, 5.41) is 11.3. The quantitative estimate of drug-likeness (QED) is 0.883. The van der Waals surface area contributed by atoms with Crippen molar-refractivity contribution < 1.29 is 14.0 Å². The Morgan fingerprint density at radius 1 is 1.17 bits per heavy atom. The lowest BCUT2D eigenvalue weighted by Crippen LogP contribution is -2.42. The number of nitriles is 1. The molecule has 1 aliphatic rings. The Morgan fingerprint density at radius 3 is 2.61 bits per heavy atom. The summed E-state index contributed by atoms with van der Waals surface area (Å²) in [6, 6.07) is 15.2. The normalized spacial score (nSPS) is 17.8. The highest BCUT2D eigenvalue weighted by Gasteiger charge is 2.33. The van der Waals surface area contributed by atoms with E-state index in [1.165, 1.54) is 0 Å². The fraction of sp³-hybridized carbons (Fsp3) is 0.167. The topological polar surface area (TPSA) is 83.1 Å². The van der Waals surface area contributed by atoms with Gasteiger partial charge in [-0.1, -0.05) is 30.3 Å². The standard InChI is InChI=1S/C18H14N2O3/c1-11-14(17(21)20-18(22)15(11)10-19)9-13-7-8-16(23-13)12-5-3-2-4-6-12/h2-8,14H,9H2,1H3,(H,20,21,22). The van der Waals surface area contributed by atoms with Crippen LogP contribution in [0.15, 0.2) is 58.0 Å². The zero-order chi connectivity index (χ0) is 16.4. The lowest BCUT2D eigenvalue weighted by molar-refractivity contribution is -0.131. The van der Waals surface area contributed by atoms with Crippen LogP contribution >= 0.6 is 0 Å². The molecule has 0 spiro atoms. The van der Waals surface area contributed by atoms with E-state index in [9.17, 15) is 9.59 Å². The first-order valence-electron chi connectivity index (χ1n) is 7.20. The van der Waals surface area contributed by atoms with E-state index in [0.29, 0.717) is 17.8 Å². The van der Waals surface area contributed by atoms with Gasteiger partial charge in [0.25, 0.3) is 5.91 Å². The molecule has 5 heteroatoms. The van der Waals surface area contributed by atoms with Crippen molar-refractivity contribution in [2.24, 2.45) is 5.92 Å². The third-order valence-corrected chi connectivity index (χ3v) is 3.93. The smallest absolute Gasteiger partial charge is 0.268 e. The van der Waals surface area contributed by atoms with Crippen molar-refractivity contribution in [1.29, 1.82) is 5.26 Å². The van der Waals surface area contributed by atoms with Gasteiger partial charge in [-0.3, -0.25) is 14.9 Å². The number of hydrogen-bond acceptors (Lipinski definition) is 4. The molecule has 0 aliphatic carbocycles. The van der Waals surface area contributed by atoms with Gasteiger partial charge in [0, 0.05) is 12.0 Å². The molecule has 0 bridgehead atoms. The van der Waals surface area contributed by atoms with Gasteiger partial charge in [-0.25, -0.2) is 0 Å².